The van der Waals surface area contributed by atoms with E-state index >= 15 is 0 Å². The summed E-state index contributed by atoms with van der Waals surface area (Å²) >= 11 is 0. The Kier molecular flexibility index (Phi) is 3.62. The number of aliphatic hydroxyl groups excluding tert-OH is 3. The topological polar surface area (TPSA) is 125 Å². The Bertz CT molecular complexity index is 434. The van der Waals surface area contributed by atoms with E-state index in [0.717, 1.165) is 0 Å². The fourth-order valence-corrected chi connectivity index (χ4v) is 1.93. The predicted molar refractivity (Wildman–Crippen MR) is 56.6 cm³/mol. The Morgan fingerprint density at radius 1 is 1.56 bits per heavy atom. The first kappa shape index (κ1) is 13.0. The number of carbonyl (C=O) groups excluding carboxylic acids is 1. The van der Waals surface area contributed by atoms with Crippen LogP contribution in [-0.2, 0) is 9.47 Å². The Morgan fingerprint density at radius 3 is 2.83 bits per heavy atom. The van der Waals surface area contributed by atoms with Crippen LogP contribution in [0.3, 0.4) is 0 Å². The standard InChI is InChI=1S/C10H14N2O6/c1-17-10(16)6-4(2-11-12-6)9-8(15)7(14)5(3-13)18-9/h2,5,7-9,13-15H,3H2,1H3,(H,11,12)/t5-,7-,8-,9+/m1/s1. The van der Waals surface area contributed by atoms with Crippen molar-refractivity contribution in [3.05, 3.63) is 17.5 Å². The third-order valence-electron chi connectivity index (χ3n) is 2.91. The first-order chi connectivity index (χ1) is 8.60. The van der Waals surface area contributed by atoms with Crippen molar-refractivity contribution in [2.24, 2.45) is 0 Å². The van der Waals surface area contributed by atoms with Crippen molar-refractivity contribution in [2.45, 2.75) is 24.4 Å². The largest absolute Gasteiger partial charge is 0.464 e. The maximum absolute atomic E-state index is 11.4. The van der Waals surface area contributed by atoms with E-state index in [0.29, 0.717) is 0 Å². The molecule has 1 aliphatic heterocycles. The van der Waals surface area contributed by atoms with E-state index in [1.807, 2.05) is 0 Å². The van der Waals surface area contributed by atoms with Crippen LogP contribution in [0.4, 0.5) is 0 Å². The number of aliphatic hydroxyl groups is 3. The second kappa shape index (κ2) is 5.02. The molecule has 0 amide bonds. The molecule has 4 N–H and O–H groups in total. The van der Waals surface area contributed by atoms with E-state index in [1.165, 1.54) is 13.3 Å². The SMILES string of the molecule is COC(=O)c1[nH]ncc1[C@@H]1O[C@H](CO)[C@@H](O)[C@H]1O. The van der Waals surface area contributed by atoms with Crippen molar-refractivity contribution >= 4 is 5.97 Å². The molecule has 1 fully saturated rings. The molecule has 2 heterocycles. The van der Waals surface area contributed by atoms with Crippen LogP contribution in [-0.4, -0.2) is 63.5 Å². The molecule has 0 radical (unpaired) electrons. The van der Waals surface area contributed by atoms with E-state index in [1.54, 1.807) is 0 Å². The number of nitrogens with zero attached hydrogens (tertiary/aromatic N) is 1. The zero-order valence-electron chi connectivity index (χ0n) is 9.61. The maximum Gasteiger partial charge on any atom is 0.356 e. The summed E-state index contributed by atoms with van der Waals surface area (Å²) in [4.78, 5) is 11.4. The van der Waals surface area contributed by atoms with E-state index in [-0.39, 0.29) is 11.3 Å². The van der Waals surface area contributed by atoms with Crippen LogP contribution >= 0.6 is 0 Å². The highest BCUT2D eigenvalue weighted by Crippen LogP contribution is 2.34. The Labute approximate surface area is 102 Å². The van der Waals surface area contributed by atoms with Crippen LogP contribution < -0.4 is 0 Å². The van der Waals surface area contributed by atoms with Gasteiger partial charge < -0.3 is 24.8 Å². The molecule has 1 aliphatic rings. The number of nitrogens with one attached hydrogen (secondary N) is 1. The van der Waals surface area contributed by atoms with Crippen LogP contribution in [0.2, 0.25) is 0 Å². The Morgan fingerprint density at radius 2 is 2.28 bits per heavy atom. The molecule has 1 aromatic rings. The number of H-pyrrole nitrogens is 1. The number of methoxy groups -OCH3 is 1. The van der Waals surface area contributed by atoms with Crippen molar-refractivity contribution in [3.8, 4) is 0 Å². The number of hydrogen-bond acceptors (Lipinski definition) is 7. The molecular formula is C10H14N2O6. The van der Waals surface area contributed by atoms with Crippen LogP contribution in [0, 0.1) is 0 Å². The number of aromatic amines is 1. The number of rotatable bonds is 3. The number of carbonyl (C=O) groups is 1. The quantitative estimate of drug-likeness (QED) is 0.479. The first-order valence-electron chi connectivity index (χ1n) is 5.34. The second-order valence-corrected chi connectivity index (χ2v) is 3.95. The van der Waals surface area contributed by atoms with Gasteiger partial charge in [-0.15, -0.1) is 0 Å². The summed E-state index contributed by atoms with van der Waals surface area (Å²) in [6.45, 7) is -0.430. The monoisotopic (exact) mass is 258 g/mol. The first-order valence-corrected chi connectivity index (χ1v) is 5.34. The fourth-order valence-electron chi connectivity index (χ4n) is 1.93. The zero-order valence-corrected chi connectivity index (χ0v) is 9.61. The molecule has 0 spiro atoms. The molecular weight excluding hydrogens is 244 g/mol. The van der Waals surface area contributed by atoms with Crippen LogP contribution in [0.15, 0.2) is 6.20 Å². The van der Waals surface area contributed by atoms with Crippen molar-refractivity contribution in [3.63, 3.8) is 0 Å². The van der Waals surface area contributed by atoms with Gasteiger partial charge in [0.15, 0.2) is 0 Å². The molecule has 8 heteroatoms. The molecule has 18 heavy (non-hydrogen) atoms. The van der Waals surface area contributed by atoms with Gasteiger partial charge in [-0.05, 0) is 0 Å². The van der Waals surface area contributed by atoms with E-state index in [2.05, 4.69) is 14.9 Å². The Balaban J connectivity index is 2.27. The van der Waals surface area contributed by atoms with E-state index < -0.39 is 37.0 Å². The molecule has 8 nitrogen and oxygen atoms in total. The highest BCUT2D eigenvalue weighted by molar-refractivity contribution is 5.88. The third-order valence-corrected chi connectivity index (χ3v) is 2.91. The van der Waals surface area contributed by atoms with Crippen LogP contribution in [0.25, 0.3) is 0 Å². The molecule has 0 saturated carbocycles. The number of hydrogen-bond donors (Lipinski definition) is 4. The van der Waals surface area contributed by atoms with Crippen LogP contribution in [0.5, 0.6) is 0 Å². The average molecular weight is 258 g/mol. The summed E-state index contributed by atoms with van der Waals surface area (Å²) in [6, 6.07) is 0. The van der Waals surface area contributed by atoms with E-state index in [4.69, 9.17) is 9.84 Å². The summed E-state index contributed by atoms with van der Waals surface area (Å²) in [5.41, 5.74) is 0.330. The molecule has 0 aliphatic carbocycles. The maximum atomic E-state index is 11.4. The lowest BCUT2D eigenvalue weighted by atomic mass is 10.0. The Hall–Kier alpha value is -1.48. The minimum Gasteiger partial charge on any atom is -0.464 e. The third kappa shape index (κ3) is 1.99. The van der Waals surface area contributed by atoms with Crippen LogP contribution in [0.1, 0.15) is 22.2 Å². The lowest BCUT2D eigenvalue weighted by Gasteiger charge is -2.13. The molecule has 0 unspecified atom stereocenters. The minimum absolute atomic E-state index is 0.0485. The fraction of sp³-hybridized carbons (Fsp3) is 0.600. The molecule has 0 aromatic carbocycles. The number of esters is 1. The van der Waals surface area contributed by atoms with Crippen molar-refractivity contribution < 1.29 is 29.6 Å². The highest BCUT2D eigenvalue weighted by atomic mass is 16.6. The summed E-state index contributed by atoms with van der Waals surface area (Å²) in [5.74, 6) is -0.653. The smallest absolute Gasteiger partial charge is 0.356 e. The zero-order chi connectivity index (χ0) is 13.3. The van der Waals surface area contributed by atoms with Gasteiger partial charge in [-0.25, -0.2) is 4.79 Å². The predicted octanol–water partition coefficient (Wildman–Crippen LogP) is -1.65. The van der Waals surface area contributed by atoms with Gasteiger partial charge in [0.2, 0.25) is 0 Å². The van der Waals surface area contributed by atoms with Gasteiger partial charge >= 0.3 is 5.97 Å². The molecule has 1 saturated heterocycles. The molecule has 100 valence electrons. The van der Waals surface area contributed by atoms with Gasteiger partial charge in [0.25, 0.3) is 0 Å². The van der Waals surface area contributed by atoms with Gasteiger partial charge in [-0.2, -0.15) is 5.10 Å². The van der Waals surface area contributed by atoms with Gasteiger partial charge in [-0.3, -0.25) is 5.10 Å². The highest BCUT2D eigenvalue weighted by Gasteiger charge is 2.44. The summed E-state index contributed by atoms with van der Waals surface area (Å²) in [7, 11) is 1.21. The van der Waals surface area contributed by atoms with Gasteiger partial charge in [0.05, 0.1) is 19.9 Å². The summed E-state index contributed by atoms with van der Waals surface area (Å²) in [5, 5.41) is 34.6. The van der Waals surface area contributed by atoms with Crippen molar-refractivity contribution in [1.82, 2.24) is 10.2 Å². The second-order valence-electron chi connectivity index (χ2n) is 3.95. The number of ether oxygens (including phenoxy) is 2. The van der Waals surface area contributed by atoms with E-state index in [9.17, 15) is 15.0 Å². The molecule has 4 atom stereocenters. The van der Waals surface area contributed by atoms with Crippen molar-refractivity contribution in [2.75, 3.05) is 13.7 Å². The van der Waals surface area contributed by atoms with Gasteiger partial charge in [0.1, 0.15) is 30.1 Å². The average Bonchev–Trinajstić information content (AvgIpc) is 2.95. The van der Waals surface area contributed by atoms with Crippen molar-refractivity contribution in [1.29, 1.82) is 0 Å². The molecule has 0 bridgehead atoms. The lowest BCUT2D eigenvalue weighted by molar-refractivity contribution is -0.0230. The minimum atomic E-state index is -1.25. The normalized spacial score (nSPS) is 31.6. The number of aromatic nitrogens is 2. The summed E-state index contributed by atoms with van der Waals surface area (Å²) in [6.07, 6.45) is -2.99. The van der Waals surface area contributed by atoms with Gasteiger partial charge in [0, 0.05) is 5.56 Å². The van der Waals surface area contributed by atoms with Gasteiger partial charge in [-0.1, -0.05) is 0 Å². The summed E-state index contributed by atoms with van der Waals surface area (Å²) < 4.78 is 9.85. The molecule has 2 rings (SSSR count). The lowest BCUT2D eigenvalue weighted by Crippen LogP contribution is -2.32. The molecule has 1 aromatic heterocycles.